The summed E-state index contributed by atoms with van der Waals surface area (Å²) in [6.45, 7) is 12.6. The first-order valence-electron chi connectivity index (χ1n) is 7.42. The molecule has 0 amide bonds. The van der Waals surface area contributed by atoms with Crippen LogP contribution in [0.5, 0.6) is 0 Å². The maximum Gasteiger partial charge on any atom is 0.0135 e. The Labute approximate surface area is 108 Å². The Bertz CT molecular complexity index is 207. The van der Waals surface area contributed by atoms with E-state index in [4.69, 9.17) is 5.73 Å². The zero-order chi connectivity index (χ0) is 12.9. The van der Waals surface area contributed by atoms with Crippen molar-refractivity contribution in [1.82, 2.24) is 4.90 Å². The van der Waals surface area contributed by atoms with Crippen LogP contribution in [0.2, 0.25) is 0 Å². The molecule has 1 fully saturated rings. The highest BCUT2D eigenvalue weighted by molar-refractivity contribution is 4.84. The van der Waals surface area contributed by atoms with Crippen LogP contribution in [-0.2, 0) is 0 Å². The molecule has 2 nitrogen and oxygen atoms in total. The molecule has 0 bridgehead atoms. The lowest BCUT2D eigenvalue weighted by molar-refractivity contribution is 0.0999. The van der Waals surface area contributed by atoms with Crippen molar-refractivity contribution < 1.29 is 0 Å². The van der Waals surface area contributed by atoms with Gasteiger partial charge in [-0.25, -0.2) is 0 Å². The minimum Gasteiger partial charge on any atom is -0.330 e. The Hall–Kier alpha value is -0.0800. The van der Waals surface area contributed by atoms with Crippen LogP contribution in [-0.4, -0.2) is 30.6 Å². The van der Waals surface area contributed by atoms with Crippen LogP contribution in [0.1, 0.15) is 59.8 Å². The second-order valence-corrected chi connectivity index (χ2v) is 6.79. The molecule has 1 rings (SSSR count). The van der Waals surface area contributed by atoms with Crippen LogP contribution in [0.3, 0.4) is 0 Å². The first-order chi connectivity index (χ1) is 7.98. The van der Waals surface area contributed by atoms with Crippen molar-refractivity contribution in [3.05, 3.63) is 0 Å². The van der Waals surface area contributed by atoms with Gasteiger partial charge in [-0.15, -0.1) is 0 Å². The SMILES string of the molecule is CCN(CCC(C)(C)C)C1CCCCC1CN. The van der Waals surface area contributed by atoms with Gasteiger partial charge in [0, 0.05) is 6.04 Å². The molecular formula is C15H32N2. The summed E-state index contributed by atoms with van der Waals surface area (Å²) in [5.74, 6) is 0.740. The highest BCUT2D eigenvalue weighted by Gasteiger charge is 2.28. The van der Waals surface area contributed by atoms with Gasteiger partial charge in [0.1, 0.15) is 0 Å². The summed E-state index contributed by atoms with van der Waals surface area (Å²) in [6.07, 6.45) is 6.77. The molecule has 0 aromatic heterocycles. The summed E-state index contributed by atoms with van der Waals surface area (Å²) < 4.78 is 0. The average molecular weight is 240 g/mol. The van der Waals surface area contributed by atoms with Crippen molar-refractivity contribution in [3.63, 3.8) is 0 Å². The minimum atomic E-state index is 0.445. The van der Waals surface area contributed by atoms with Gasteiger partial charge in [0.25, 0.3) is 0 Å². The van der Waals surface area contributed by atoms with Gasteiger partial charge in [0.15, 0.2) is 0 Å². The van der Waals surface area contributed by atoms with Crippen LogP contribution in [0.25, 0.3) is 0 Å². The zero-order valence-electron chi connectivity index (χ0n) is 12.3. The number of nitrogens with two attached hydrogens (primary N) is 1. The van der Waals surface area contributed by atoms with Crippen LogP contribution in [0, 0.1) is 11.3 Å². The van der Waals surface area contributed by atoms with E-state index >= 15 is 0 Å². The van der Waals surface area contributed by atoms with Crippen molar-refractivity contribution in [2.75, 3.05) is 19.6 Å². The van der Waals surface area contributed by atoms with E-state index in [-0.39, 0.29) is 0 Å². The lowest BCUT2D eigenvalue weighted by Gasteiger charge is -2.40. The van der Waals surface area contributed by atoms with Gasteiger partial charge in [0.2, 0.25) is 0 Å². The van der Waals surface area contributed by atoms with Crippen LogP contribution >= 0.6 is 0 Å². The molecule has 0 radical (unpaired) electrons. The molecule has 0 aromatic carbocycles. The van der Waals surface area contributed by atoms with E-state index < -0.39 is 0 Å². The van der Waals surface area contributed by atoms with Crippen LogP contribution in [0.4, 0.5) is 0 Å². The topological polar surface area (TPSA) is 29.3 Å². The first-order valence-corrected chi connectivity index (χ1v) is 7.42. The molecule has 1 aliphatic rings. The summed E-state index contributed by atoms with van der Waals surface area (Å²) in [7, 11) is 0. The van der Waals surface area contributed by atoms with Crippen molar-refractivity contribution in [2.24, 2.45) is 17.1 Å². The van der Waals surface area contributed by atoms with Gasteiger partial charge in [-0.2, -0.15) is 0 Å². The second kappa shape index (κ2) is 6.75. The van der Waals surface area contributed by atoms with Gasteiger partial charge in [-0.1, -0.05) is 40.5 Å². The van der Waals surface area contributed by atoms with E-state index in [2.05, 4.69) is 32.6 Å². The number of hydrogen-bond acceptors (Lipinski definition) is 2. The smallest absolute Gasteiger partial charge is 0.0135 e. The molecule has 0 heterocycles. The largest absolute Gasteiger partial charge is 0.330 e. The summed E-state index contributed by atoms with van der Waals surface area (Å²) in [5.41, 5.74) is 6.39. The van der Waals surface area contributed by atoms with Crippen molar-refractivity contribution in [3.8, 4) is 0 Å². The average Bonchev–Trinajstić information content (AvgIpc) is 2.29. The molecule has 0 saturated heterocycles. The number of hydrogen-bond donors (Lipinski definition) is 1. The summed E-state index contributed by atoms with van der Waals surface area (Å²) in [6, 6.07) is 0.751. The molecule has 2 heteroatoms. The van der Waals surface area contributed by atoms with E-state index in [1.54, 1.807) is 0 Å². The molecule has 102 valence electrons. The van der Waals surface area contributed by atoms with Crippen LogP contribution < -0.4 is 5.73 Å². The molecule has 0 aromatic rings. The van der Waals surface area contributed by atoms with Crippen molar-refractivity contribution in [1.29, 1.82) is 0 Å². The molecule has 1 saturated carbocycles. The molecule has 17 heavy (non-hydrogen) atoms. The minimum absolute atomic E-state index is 0.445. The summed E-state index contributed by atoms with van der Waals surface area (Å²) in [5, 5.41) is 0. The third kappa shape index (κ3) is 4.97. The molecule has 2 unspecified atom stereocenters. The van der Waals surface area contributed by atoms with Gasteiger partial charge in [-0.3, -0.25) is 0 Å². The Balaban J connectivity index is 2.52. The van der Waals surface area contributed by atoms with Crippen molar-refractivity contribution >= 4 is 0 Å². The molecule has 0 spiro atoms. The number of rotatable bonds is 5. The first kappa shape index (κ1) is 15.0. The molecule has 2 N–H and O–H groups in total. The zero-order valence-corrected chi connectivity index (χ0v) is 12.3. The van der Waals surface area contributed by atoms with E-state index in [0.29, 0.717) is 5.41 Å². The third-order valence-corrected chi connectivity index (χ3v) is 4.20. The third-order valence-electron chi connectivity index (χ3n) is 4.20. The standard InChI is InChI=1S/C15H32N2/c1-5-17(11-10-15(2,3)4)14-9-7-6-8-13(14)12-16/h13-14H,5-12,16H2,1-4H3. The highest BCUT2D eigenvalue weighted by Crippen LogP contribution is 2.29. The van der Waals surface area contributed by atoms with E-state index in [9.17, 15) is 0 Å². The lowest BCUT2D eigenvalue weighted by atomic mass is 9.83. The van der Waals surface area contributed by atoms with E-state index in [0.717, 1.165) is 18.5 Å². The van der Waals surface area contributed by atoms with E-state index in [1.165, 1.54) is 45.2 Å². The van der Waals surface area contributed by atoms with Gasteiger partial charge < -0.3 is 10.6 Å². The maximum atomic E-state index is 5.94. The monoisotopic (exact) mass is 240 g/mol. The molecular weight excluding hydrogens is 208 g/mol. The van der Waals surface area contributed by atoms with E-state index in [1.807, 2.05) is 0 Å². The predicted octanol–water partition coefficient (Wildman–Crippen LogP) is 3.26. The number of nitrogens with zero attached hydrogens (tertiary/aromatic N) is 1. The predicted molar refractivity (Wildman–Crippen MR) is 76.1 cm³/mol. The summed E-state index contributed by atoms with van der Waals surface area (Å²) >= 11 is 0. The van der Waals surface area contributed by atoms with Gasteiger partial charge in [-0.05, 0) is 50.2 Å². The van der Waals surface area contributed by atoms with Gasteiger partial charge >= 0.3 is 0 Å². The Kier molecular flexibility index (Phi) is 5.94. The second-order valence-electron chi connectivity index (χ2n) is 6.79. The van der Waals surface area contributed by atoms with Crippen molar-refractivity contribution in [2.45, 2.75) is 65.8 Å². The Morgan fingerprint density at radius 2 is 1.82 bits per heavy atom. The maximum absolute atomic E-state index is 5.94. The summed E-state index contributed by atoms with van der Waals surface area (Å²) in [4.78, 5) is 2.68. The molecule has 1 aliphatic carbocycles. The highest BCUT2D eigenvalue weighted by atomic mass is 15.2. The van der Waals surface area contributed by atoms with Gasteiger partial charge in [0.05, 0.1) is 0 Å². The fraction of sp³-hybridized carbons (Fsp3) is 1.00. The fourth-order valence-corrected chi connectivity index (χ4v) is 2.98. The Morgan fingerprint density at radius 1 is 1.18 bits per heavy atom. The quantitative estimate of drug-likeness (QED) is 0.799. The fourth-order valence-electron chi connectivity index (χ4n) is 2.98. The lowest BCUT2D eigenvalue weighted by Crippen LogP contribution is -2.46. The molecule has 2 atom stereocenters. The Morgan fingerprint density at radius 3 is 2.35 bits per heavy atom. The molecule has 0 aliphatic heterocycles. The van der Waals surface area contributed by atoms with Crippen LogP contribution in [0.15, 0.2) is 0 Å². The normalized spacial score (nSPS) is 26.5.